The zero-order valence-corrected chi connectivity index (χ0v) is 19.6. The summed E-state index contributed by atoms with van der Waals surface area (Å²) in [6.45, 7) is 2.31. The molecule has 0 radical (unpaired) electrons. The first kappa shape index (κ1) is 24.6. The number of hydrogen-bond donors (Lipinski definition) is 2. The highest BCUT2D eigenvalue weighted by atomic mass is 16.5. The predicted molar refractivity (Wildman–Crippen MR) is 123 cm³/mol. The molecule has 0 bridgehead atoms. The molecule has 1 heterocycles. The summed E-state index contributed by atoms with van der Waals surface area (Å²) in [7, 11) is 3.32. The van der Waals surface area contributed by atoms with Crippen molar-refractivity contribution in [1.29, 1.82) is 0 Å². The molecule has 0 aromatic heterocycles. The molecule has 180 valence electrons. The molecule has 0 spiro atoms. The molecule has 3 rings (SSSR count). The van der Waals surface area contributed by atoms with Gasteiger partial charge in [0.05, 0.1) is 32.0 Å². The fourth-order valence-corrected chi connectivity index (χ4v) is 4.70. The first-order chi connectivity index (χ1) is 15.6. The van der Waals surface area contributed by atoms with Gasteiger partial charge in [-0.15, -0.1) is 0 Å². The van der Waals surface area contributed by atoms with Crippen LogP contribution in [0, 0.1) is 11.8 Å². The van der Waals surface area contributed by atoms with E-state index in [1.165, 1.54) is 19.3 Å². The number of carbonyl (C=O) groups is 1. The first-order valence-corrected chi connectivity index (χ1v) is 12.1. The van der Waals surface area contributed by atoms with Crippen LogP contribution in [-0.4, -0.2) is 57.7 Å². The van der Waals surface area contributed by atoms with Gasteiger partial charge in [0, 0.05) is 32.6 Å². The number of carbonyl (C=O) groups excluding carboxylic acids is 1. The van der Waals surface area contributed by atoms with Crippen molar-refractivity contribution in [3.63, 3.8) is 0 Å². The fourth-order valence-electron chi connectivity index (χ4n) is 4.70. The zero-order valence-electron chi connectivity index (χ0n) is 19.6. The van der Waals surface area contributed by atoms with Crippen LogP contribution in [0.15, 0.2) is 12.1 Å². The van der Waals surface area contributed by atoms with Gasteiger partial charge in [0.2, 0.25) is 5.75 Å². The third kappa shape index (κ3) is 6.75. The van der Waals surface area contributed by atoms with Crippen LogP contribution < -0.4 is 19.5 Å². The van der Waals surface area contributed by atoms with Crippen LogP contribution in [-0.2, 0) is 4.74 Å². The number of ether oxygens (including phenoxy) is 4. The summed E-state index contributed by atoms with van der Waals surface area (Å²) < 4.78 is 22.1. The number of rotatable bonds is 10. The number of hydrogen-bond acceptors (Lipinski definition) is 6. The van der Waals surface area contributed by atoms with Crippen LogP contribution in [0.1, 0.15) is 68.1 Å². The molecular weight excluding hydrogens is 410 g/mol. The second-order valence-corrected chi connectivity index (χ2v) is 8.92. The monoisotopic (exact) mass is 449 g/mol. The number of methoxy groups -OCH3 is 2. The third-order valence-electron chi connectivity index (χ3n) is 6.67. The first-order valence-electron chi connectivity index (χ1n) is 12.1. The van der Waals surface area contributed by atoms with Crippen molar-refractivity contribution in [1.82, 2.24) is 5.32 Å². The molecule has 7 heteroatoms. The Balaban J connectivity index is 1.53. The number of amides is 1. The lowest BCUT2D eigenvalue weighted by atomic mass is 9.93. The summed E-state index contributed by atoms with van der Waals surface area (Å²) >= 11 is 0. The van der Waals surface area contributed by atoms with Crippen molar-refractivity contribution in [2.45, 2.75) is 63.9 Å². The summed E-state index contributed by atoms with van der Waals surface area (Å²) in [6, 6.07) is 3.45. The summed E-state index contributed by atoms with van der Waals surface area (Å²) in [5, 5.41) is 13.7. The topological polar surface area (TPSA) is 86.3 Å². The van der Waals surface area contributed by atoms with E-state index < -0.39 is 0 Å². The molecule has 2 aliphatic rings. The van der Waals surface area contributed by atoms with Crippen LogP contribution in [0.3, 0.4) is 0 Å². The molecule has 2 N–H and O–H groups in total. The van der Waals surface area contributed by atoms with Crippen molar-refractivity contribution < 1.29 is 28.8 Å². The number of aliphatic hydroxyl groups excluding tert-OH is 1. The van der Waals surface area contributed by atoms with Gasteiger partial charge < -0.3 is 29.4 Å². The number of fused-ring (bicyclic) bond motifs is 1. The molecule has 1 amide bonds. The summed E-state index contributed by atoms with van der Waals surface area (Å²) in [5.74, 6) is 2.02. The van der Waals surface area contributed by atoms with Gasteiger partial charge in [-0.1, -0.05) is 25.7 Å². The maximum atomic E-state index is 13.0. The number of unbranched alkanes of at least 4 members (excludes halogenated alkanes) is 2. The van der Waals surface area contributed by atoms with Gasteiger partial charge >= 0.3 is 0 Å². The Labute approximate surface area is 191 Å². The molecule has 1 fully saturated rings. The molecule has 1 aromatic carbocycles. The lowest BCUT2D eigenvalue weighted by Crippen LogP contribution is -2.34. The van der Waals surface area contributed by atoms with Gasteiger partial charge in [-0.2, -0.15) is 0 Å². The minimum Gasteiger partial charge on any atom is -0.493 e. The Morgan fingerprint density at radius 2 is 1.84 bits per heavy atom. The third-order valence-corrected chi connectivity index (χ3v) is 6.67. The highest BCUT2D eigenvalue weighted by molar-refractivity contribution is 5.98. The Morgan fingerprint density at radius 3 is 2.62 bits per heavy atom. The van der Waals surface area contributed by atoms with Gasteiger partial charge in [-0.25, -0.2) is 0 Å². The molecule has 2 unspecified atom stereocenters. The van der Waals surface area contributed by atoms with E-state index in [1.54, 1.807) is 26.4 Å². The second kappa shape index (κ2) is 12.9. The van der Waals surface area contributed by atoms with Crippen molar-refractivity contribution in [3.05, 3.63) is 17.7 Å². The molecule has 7 nitrogen and oxygen atoms in total. The maximum Gasteiger partial charge on any atom is 0.255 e. The smallest absolute Gasteiger partial charge is 0.255 e. The van der Waals surface area contributed by atoms with E-state index in [1.807, 2.05) is 0 Å². The molecule has 0 saturated heterocycles. The molecule has 1 aliphatic heterocycles. The van der Waals surface area contributed by atoms with Gasteiger partial charge in [0.1, 0.15) is 0 Å². The van der Waals surface area contributed by atoms with Crippen LogP contribution in [0.4, 0.5) is 0 Å². The minimum absolute atomic E-state index is 0.0754. The van der Waals surface area contributed by atoms with Crippen LogP contribution in [0.2, 0.25) is 0 Å². The van der Waals surface area contributed by atoms with Gasteiger partial charge in [-0.3, -0.25) is 4.79 Å². The number of nitrogens with one attached hydrogen (secondary N) is 1. The second-order valence-electron chi connectivity index (χ2n) is 8.92. The highest BCUT2D eigenvalue weighted by Gasteiger charge is 2.28. The zero-order chi connectivity index (χ0) is 22.8. The minimum atomic E-state index is -0.374. The Bertz CT molecular complexity index is 725. The normalized spacial score (nSPS) is 23.2. The van der Waals surface area contributed by atoms with E-state index in [4.69, 9.17) is 18.9 Å². The van der Waals surface area contributed by atoms with Gasteiger partial charge in [0.25, 0.3) is 5.91 Å². The van der Waals surface area contributed by atoms with Crippen molar-refractivity contribution >= 4 is 5.91 Å². The van der Waals surface area contributed by atoms with Crippen molar-refractivity contribution in [2.24, 2.45) is 11.8 Å². The lowest BCUT2D eigenvalue weighted by molar-refractivity contribution is 0.0850. The average Bonchev–Trinajstić information content (AvgIpc) is 3.16. The lowest BCUT2D eigenvalue weighted by Gasteiger charge is -2.21. The standard InChI is InChI=1S/C25H39NO6/c1-29-14-5-3-4-7-18-8-10-19(21(27)12-9-18)17-26-25(28)20-11-13-22(30-2)24-23(20)31-15-6-16-32-24/h11,13,18-19,21,27H,3-10,12,14-17H2,1-2H3,(H,26,28)/t18?,19-,21?/m0/s1. The Hall–Kier alpha value is -1.99. The van der Waals surface area contributed by atoms with E-state index in [0.29, 0.717) is 48.5 Å². The Kier molecular flexibility index (Phi) is 9.93. The van der Waals surface area contributed by atoms with E-state index >= 15 is 0 Å². The highest BCUT2D eigenvalue weighted by Crippen LogP contribution is 2.41. The van der Waals surface area contributed by atoms with Crippen LogP contribution >= 0.6 is 0 Å². The molecular formula is C25H39NO6. The molecule has 32 heavy (non-hydrogen) atoms. The van der Waals surface area contributed by atoms with Gasteiger partial charge in [0.15, 0.2) is 11.5 Å². The van der Waals surface area contributed by atoms with Gasteiger partial charge in [-0.05, 0) is 43.7 Å². The number of aliphatic hydroxyl groups is 1. The van der Waals surface area contributed by atoms with Crippen molar-refractivity contribution in [2.75, 3.05) is 40.6 Å². The fraction of sp³-hybridized carbons (Fsp3) is 0.720. The van der Waals surface area contributed by atoms with Crippen molar-refractivity contribution in [3.8, 4) is 17.2 Å². The molecule has 1 aromatic rings. The van der Waals surface area contributed by atoms with E-state index in [-0.39, 0.29) is 17.9 Å². The quantitative estimate of drug-likeness (QED) is 0.415. The predicted octanol–water partition coefficient (Wildman–Crippen LogP) is 3.96. The summed E-state index contributed by atoms with van der Waals surface area (Å²) in [4.78, 5) is 13.0. The summed E-state index contributed by atoms with van der Waals surface area (Å²) in [6.07, 6.45) is 9.03. The SMILES string of the molecule is COCCCCCC1CCC(O)[C@H](CNC(=O)c2ccc(OC)c3c2OCCCO3)CC1. The van der Waals surface area contributed by atoms with E-state index in [2.05, 4.69) is 5.32 Å². The summed E-state index contributed by atoms with van der Waals surface area (Å²) in [5.41, 5.74) is 0.444. The van der Waals surface area contributed by atoms with Crippen LogP contribution in [0.25, 0.3) is 0 Å². The Morgan fingerprint density at radius 1 is 1.06 bits per heavy atom. The van der Waals surface area contributed by atoms with Crippen LogP contribution in [0.5, 0.6) is 17.2 Å². The maximum absolute atomic E-state index is 13.0. The molecule has 1 aliphatic carbocycles. The average molecular weight is 450 g/mol. The largest absolute Gasteiger partial charge is 0.493 e. The van der Waals surface area contributed by atoms with E-state index in [0.717, 1.165) is 45.1 Å². The number of benzene rings is 1. The molecule has 1 saturated carbocycles. The molecule has 3 atom stereocenters. The van der Waals surface area contributed by atoms with E-state index in [9.17, 15) is 9.90 Å².